The summed E-state index contributed by atoms with van der Waals surface area (Å²) in [4.78, 5) is 10.5. The Hall–Kier alpha value is -0.650. The van der Waals surface area contributed by atoms with E-state index in [4.69, 9.17) is 9.84 Å². The highest BCUT2D eigenvalue weighted by Crippen LogP contribution is 2.00. The second kappa shape index (κ2) is 7.62. The van der Waals surface area contributed by atoms with Gasteiger partial charge in [-0.05, 0) is 26.3 Å². The summed E-state index contributed by atoms with van der Waals surface area (Å²) in [6, 6.07) is 0. The van der Waals surface area contributed by atoms with E-state index in [9.17, 15) is 9.90 Å². The normalized spacial score (nSPS) is 14.9. The standard InChI is InChI=1S/C10H21NO4/c1-3-6-15-7-4-5-11-8-10(2,14)9(12)13/h11,14H,3-8H2,1-2H3,(H,12,13). The minimum absolute atomic E-state index is 0.0517. The highest BCUT2D eigenvalue weighted by molar-refractivity contribution is 5.76. The summed E-state index contributed by atoms with van der Waals surface area (Å²) in [6.45, 7) is 5.43. The molecule has 0 heterocycles. The maximum atomic E-state index is 10.5. The molecule has 90 valence electrons. The molecule has 0 radical (unpaired) electrons. The molecule has 1 atom stereocenters. The lowest BCUT2D eigenvalue weighted by Crippen LogP contribution is -2.45. The smallest absolute Gasteiger partial charge is 0.336 e. The first-order valence-electron chi connectivity index (χ1n) is 5.25. The van der Waals surface area contributed by atoms with Crippen molar-refractivity contribution >= 4 is 5.97 Å². The van der Waals surface area contributed by atoms with Gasteiger partial charge < -0.3 is 20.3 Å². The first-order chi connectivity index (χ1) is 7.00. The topological polar surface area (TPSA) is 78.8 Å². The maximum absolute atomic E-state index is 10.5. The largest absolute Gasteiger partial charge is 0.479 e. The lowest BCUT2D eigenvalue weighted by atomic mass is 10.1. The average Bonchev–Trinajstić information content (AvgIpc) is 2.16. The van der Waals surface area contributed by atoms with Gasteiger partial charge in [0.15, 0.2) is 5.60 Å². The molecule has 0 aromatic rings. The quantitative estimate of drug-likeness (QED) is 0.484. The molecular formula is C10H21NO4. The highest BCUT2D eigenvalue weighted by Gasteiger charge is 2.28. The molecule has 0 aromatic carbocycles. The molecule has 1 unspecified atom stereocenters. The third-order valence-electron chi connectivity index (χ3n) is 1.92. The van der Waals surface area contributed by atoms with Crippen molar-refractivity contribution in [3.63, 3.8) is 0 Å². The fourth-order valence-electron chi connectivity index (χ4n) is 0.953. The fraction of sp³-hybridized carbons (Fsp3) is 0.900. The first kappa shape index (κ1) is 14.3. The molecule has 0 bridgehead atoms. The molecular weight excluding hydrogens is 198 g/mol. The molecule has 0 fully saturated rings. The van der Waals surface area contributed by atoms with Crippen molar-refractivity contribution < 1.29 is 19.7 Å². The minimum Gasteiger partial charge on any atom is -0.479 e. The van der Waals surface area contributed by atoms with Gasteiger partial charge in [0.2, 0.25) is 0 Å². The van der Waals surface area contributed by atoms with E-state index in [-0.39, 0.29) is 6.54 Å². The lowest BCUT2D eigenvalue weighted by molar-refractivity contribution is -0.156. The summed E-state index contributed by atoms with van der Waals surface area (Å²) < 4.78 is 5.24. The van der Waals surface area contributed by atoms with Crippen LogP contribution in [-0.4, -0.2) is 48.1 Å². The van der Waals surface area contributed by atoms with Gasteiger partial charge in [-0.15, -0.1) is 0 Å². The molecule has 0 spiro atoms. The van der Waals surface area contributed by atoms with Crippen molar-refractivity contribution in [2.45, 2.75) is 32.3 Å². The van der Waals surface area contributed by atoms with Crippen LogP contribution in [-0.2, 0) is 9.53 Å². The minimum atomic E-state index is -1.69. The maximum Gasteiger partial charge on any atom is 0.336 e. The van der Waals surface area contributed by atoms with Crippen LogP contribution in [0.4, 0.5) is 0 Å². The number of hydrogen-bond acceptors (Lipinski definition) is 4. The van der Waals surface area contributed by atoms with Crippen molar-refractivity contribution in [2.75, 3.05) is 26.3 Å². The van der Waals surface area contributed by atoms with Crippen molar-refractivity contribution in [3.05, 3.63) is 0 Å². The number of carboxylic acid groups (broad SMARTS) is 1. The zero-order chi connectivity index (χ0) is 11.7. The highest BCUT2D eigenvalue weighted by atomic mass is 16.5. The molecule has 3 N–H and O–H groups in total. The summed E-state index contributed by atoms with van der Waals surface area (Å²) in [5.74, 6) is -1.21. The molecule has 0 aromatic heterocycles. The average molecular weight is 219 g/mol. The third kappa shape index (κ3) is 7.30. The Kier molecular flexibility index (Phi) is 7.29. The van der Waals surface area contributed by atoms with Crippen molar-refractivity contribution in [3.8, 4) is 0 Å². The number of aliphatic carboxylic acids is 1. The van der Waals surface area contributed by atoms with Crippen LogP contribution in [0.25, 0.3) is 0 Å². The lowest BCUT2D eigenvalue weighted by Gasteiger charge is -2.18. The molecule has 5 nitrogen and oxygen atoms in total. The van der Waals surface area contributed by atoms with Gasteiger partial charge in [-0.3, -0.25) is 0 Å². The predicted octanol–water partition coefficient (Wildman–Crippen LogP) is 0.228. The van der Waals surface area contributed by atoms with E-state index >= 15 is 0 Å². The zero-order valence-electron chi connectivity index (χ0n) is 9.45. The van der Waals surface area contributed by atoms with Crippen LogP contribution in [0, 0.1) is 0 Å². The van der Waals surface area contributed by atoms with Gasteiger partial charge in [0.25, 0.3) is 0 Å². The Morgan fingerprint density at radius 2 is 2.13 bits per heavy atom. The van der Waals surface area contributed by atoms with Crippen LogP contribution >= 0.6 is 0 Å². The molecule has 0 rings (SSSR count). The van der Waals surface area contributed by atoms with E-state index in [0.717, 1.165) is 19.4 Å². The monoisotopic (exact) mass is 219 g/mol. The van der Waals surface area contributed by atoms with Gasteiger partial charge >= 0.3 is 5.97 Å². The van der Waals surface area contributed by atoms with E-state index in [1.54, 1.807) is 0 Å². The second-order valence-electron chi connectivity index (χ2n) is 3.72. The van der Waals surface area contributed by atoms with Gasteiger partial charge in [0, 0.05) is 19.8 Å². The number of aliphatic hydroxyl groups is 1. The van der Waals surface area contributed by atoms with E-state index in [2.05, 4.69) is 5.32 Å². The molecule has 0 amide bonds. The number of carbonyl (C=O) groups is 1. The first-order valence-corrected chi connectivity index (χ1v) is 5.25. The van der Waals surface area contributed by atoms with E-state index in [0.29, 0.717) is 13.2 Å². The molecule has 5 heteroatoms. The Balaban J connectivity index is 3.35. The van der Waals surface area contributed by atoms with Crippen LogP contribution in [0.2, 0.25) is 0 Å². The number of carboxylic acids is 1. The molecule has 0 aliphatic rings. The van der Waals surface area contributed by atoms with Gasteiger partial charge in [0.05, 0.1) is 0 Å². The third-order valence-corrected chi connectivity index (χ3v) is 1.92. The van der Waals surface area contributed by atoms with Crippen molar-refractivity contribution in [1.29, 1.82) is 0 Å². The number of hydrogen-bond donors (Lipinski definition) is 3. The Labute approximate surface area is 90.4 Å². The molecule has 0 saturated carbocycles. The van der Waals surface area contributed by atoms with Crippen LogP contribution in [0.5, 0.6) is 0 Å². The molecule has 0 saturated heterocycles. The van der Waals surface area contributed by atoms with Crippen LogP contribution in [0.15, 0.2) is 0 Å². The van der Waals surface area contributed by atoms with E-state index in [1.165, 1.54) is 6.92 Å². The Morgan fingerprint density at radius 3 is 2.67 bits per heavy atom. The second-order valence-corrected chi connectivity index (χ2v) is 3.72. The SMILES string of the molecule is CCCOCCCNCC(C)(O)C(=O)O. The zero-order valence-corrected chi connectivity index (χ0v) is 9.45. The Bertz CT molecular complexity index is 182. The Morgan fingerprint density at radius 1 is 1.47 bits per heavy atom. The van der Waals surface area contributed by atoms with E-state index < -0.39 is 11.6 Å². The number of rotatable bonds is 9. The number of nitrogens with one attached hydrogen (secondary N) is 1. The summed E-state index contributed by atoms with van der Waals surface area (Å²) >= 11 is 0. The van der Waals surface area contributed by atoms with Gasteiger partial charge in [-0.2, -0.15) is 0 Å². The molecule has 0 aliphatic heterocycles. The summed E-state index contributed by atoms with van der Waals surface area (Å²) in [5.41, 5.74) is -1.69. The van der Waals surface area contributed by atoms with E-state index in [1.807, 2.05) is 6.92 Å². The molecule has 15 heavy (non-hydrogen) atoms. The van der Waals surface area contributed by atoms with Gasteiger partial charge in [-0.25, -0.2) is 4.79 Å². The van der Waals surface area contributed by atoms with Crippen LogP contribution in [0.3, 0.4) is 0 Å². The fourth-order valence-corrected chi connectivity index (χ4v) is 0.953. The van der Waals surface area contributed by atoms with Gasteiger partial charge in [0.1, 0.15) is 0 Å². The number of ether oxygens (including phenoxy) is 1. The summed E-state index contributed by atoms with van der Waals surface area (Å²) in [5, 5.41) is 20.8. The van der Waals surface area contributed by atoms with Crippen molar-refractivity contribution in [2.24, 2.45) is 0 Å². The summed E-state index contributed by atoms with van der Waals surface area (Å²) in [7, 11) is 0. The van der Waals surface area contributed by atoms with Gasteiger partial charge in [-0.1, -0.05) is 6.92 Å². The molecule has 0 aliphatic carbocycles. The predicted molar refractivity (Wildman–Crippen MR) is 56.9 cm³/mol. The van der Waals surface area contributed by atoms with Crippen LogP contribution in [0.1, 0.15) is 26.7 Å². The summed E-state index contributed by atoms with van der Waals surface area (Å²) in [6.07, 6.45) is 1.82. The van der Waals surface area contributed by atoms with Crippen LogP contribution < -0.4 is 5.32 Å². The van der Waals surface area contributed by atoms with Crippen molar-refractivity contribution in [1.82, 2.24) is 5.32 Å².